The van der Waals surface area contributed by atoms with E-state index in [2.05, 4.69) is 10.2 Å². The predicted octanol–water partition coefficient (Wildman–Crippen LogP) is 0.906. The van der Waals surface area contributed by atoms with E-state index in [-0.39, 0.29) is 11.8 Å². The lowest BCUT2D eigenvalue weighted by Gasteiger charge is -2.47. The van der Waals surface area contributed by atoms with Crippen molar-refractivity contribution < 1.29 is 4.79 Å². The van der Waals surface area contributed by atoms with Crippen LogP contribution in [0.25, 0.3) is 0 Å². The highest BCUT2D eigenvalue weighted by atomic mass is 16.2. The van der Waals surface area contributed by atoms with Crippen LogP contribution >= 0.6 is 0 Å². The minimum Gasteiger partial charge on any atom is -0.339 e. The molecule has 0 spiro atoms. The Morgan fingerprint density at radius 2 is 1.85 bits per heavy atom. The molecule has 0 radical (unpaired) electrons. The fourth-order valence-corrected chi connectivity index (χ4v) is 3.07. The van der Waals surface area contributed by atoms with Gasteiger partial charge in [0.15, 0.2) is 0 Å². The third-order valence-corrected chi connectivity index (χ3v) is 4.51. The van der Waals surface area contributed by atoms with Crippen LogP contribution < -0.4 is 5.32 Å². The van der Waals surface area contributed by atoms with Gasteiger partial charge in [-0.3, -0.25) is 9.69 Å². The second kappa shape index (κ2) is 5.94. The van der Waals surface area contributed by atoms with Crippen LogP contribution in [-0.2, 0) is 4.79 Å². The van der Waals surface area contributed by atoms with Gasteiger partial charge in [-0.25, -0.2) is 0 Å². The van der Waals surface area contributed by atoms with E-state index in [1.54, 1.807) is 0 Å². The van der Waals surface area contributed by atoms with Gasteiger partial charge in [-0.2, -0.15) is 0 Å². The number of benzene rings is 1. The zero-order valence-corrected chi connectivity index (χ0v) is 12.1. The number of likely N-dealkylation sites (tertiary alicyclic amines) is 1. The Balaban J connectivity index is 1.53. The van der Waals surface area contributed by atoms with E-state index in [9.17, 15) is 4.79 Å². The zero-order valence-electron chi connectivity index (χ0n) is 12.1. The van der Waals surface area contributed by atoms with Crippen molar-refractivity contribution in [2.45, 2.75) is 18.9 Å². The molecule has 4 heteroatoms. The van der Waals surface area contributed by atoms with Crippen molar-refractivity contribution in [3.8, 4) is 0 Å². The lowest BCUT2D eigenvalue weighted by molar-refractivity contribution is -0.140. The van der Waals surface area contributed by atoms with E-state index in [4.69, 9.17) is 0 Å². The number of carbonyl (C=O) groups excluding carboxylic acids is 1. The van der Waals surface area contributed by atoms with Crippen LogP contribution in [0.5, 0.6) is 0 Å². The topological polar surface area (TPSA) is 35.6 Å². The molecule has 1 atom stereocenters. The summed E-state index contributed by atoms with van der Waals surface area (Å²) < 4.78 is 0. The summed E-state index contributed by atoms with van der Waals surface area (Å²) in [6.07, 6.45) is 0. The number of piperazine rings is 1. The maximum atomic E-state index is 12.4. The van der Waals surface area contributed by atoms with Crippen LogP contribution in [0.2, 0.25) is 0 Å². The Hall–Kier alpha value is -1.39. The lowest BCUT2D eigenvalue weighted by Crippen LogP contribution is -2.64. The van der Waals surface area contributed by atoms with Crippen molar-refractivity contribution in [3.63, 3.8) is 0 Å². The van der Waals surface area contributed by atoms with Gasteiger partial charge < -0.3 is 10.2 Å². The fourth-order valence-electron chi connectivity index (χ4n) is 3.07. The van der Waals surface area contributed by atoms with Crippen molar-refractivity contribution in [2.24, 2.45) is 0 Å². The molecular formula is C16H23N3O. The molecule has 0 aliphatic carbocycles. The maximum Gasteiger partial charge on any atom is 0.229 e. The molecule has 1 N–H and O–H groups in total. The minimum absolute atomic E-state index is 0.0276. The van der Waals surface area contributed by atoms with Gasteiger partial charge in [0.1, 0.15) is 0 Å². The van der Waals surface area contributed by atoms with Gasteiger partial charge >= 0.3 is 0 Å². The highest BCUT2D eigenvalue weighted by Crippen LogP contribution is 2.23. The fraction of sp³-hybridized carbons (Fsp3) is 0.562. The summed E-state index contributed by atoms with van der Waals surface area (Å²) in [6, 6.07) is 10.6. The Bertz CT molecular complexity index is 450. The summed E-state index contributed by atoms with van der Waals surface area (Å²) in [7, 11) is 0. The van der Waals surface area contributed by atoms with Crippen LogP contribution in [0.15, 0.2) is 30.3 Å². The van der Waals surface area contributed by atoms with E-state index in [1.807, 2.05) is 42.2 Å². The Labute approximate surface area is 120 Å². The highest BCUT2D eigenvalue weighted by molar-refractivity contribution is 5.84. The van der Waals surface area contributed by atoms with Crippen LogP contribution in [0.4, 0.5) is 0 Å². The van der Waals surface area contributed by atoms with Gasteiger partial charge in [-0.1, -0.05) is 30.3 Å². The molecule has 0 saturated carbocycles. The third-order valence-electron chi connectivity index (χ3n) is 4.51. The van der Waals surface area contributed by atoms with Crippen molar-refractivity contribution in [1.82, 2.24) is 15.1 Å². The largest absolute Gasteiger partial charge is 0.339 e. The van der Waals surface area contributed by atoms with Crippen molar-refractivity contribution in [1.29, 1.82) is 0 Å². The first-order valence-corrected chi connectivity index (χ1v) is 7.54. The number of hydrogen-bond donors (Lipinski definition) is 1. The molecule has 1 aromatic rings. The molecule has 2 fully saturated rings. The molecule has 20 heavy (non-hydrogen) atoms. The van der Waals surface area contributed by atoms with E-state index in [1.165, 1.54) is 0 Å². The Kier molecular flexibility index (Phi) is 4.03. The van der Waals surface area contributed by atoms with Gasteiger partial charge in [-0.05, 0) is 12.5 Å². The van der Waals surface area contributed by atoms with E-state index in [0.717, 1.165) is 44.8 Å². The molecule has 2 heterocycles. The minimum atomic E-state index is -0.0276. The van der Waals surface area contributed by atoms with Gasteiger partial charge in [0.05, 0.1) is 5.92 Å². The lowest BCUT2D eigenvalue weighted by atomic mass is 9.96. The van der Waals surface area contributed by atoms with Gasteiger partial charge in [-0.15, -0.1) is 0 Å². The molecule has 2 aliphatic rings. The molecule has 1 aromatic carbocycles. The molecule has 1 unspecified atom stereocenters. The molecule has 2 saturated heterocycles. The smallest absolute Gasteiger partial charge is 0.229 e. The number of hydrogen-bond acceptors (Lipinski definition) is 3. The molecule has 4 nitrogen and oxygen atoms in total. The van der Waals surface area contributed by atoms with Gasteiger partial charge in [0.25, 0.3) is 0 Å². The molecule has 3 rings (SSSR count). The molecule has 0 bridgehead atoms. The van der Waals surface area contributed by atoms with Crippen molar-refractivity contribution >= 4 is 5.91 Å². The number of rotatable bonds is 3. The number of nitrogens with zero attached hydrogens (tertiary/aromatic N) is 2. The summed E-state index contributed by atoms with van der Waals surface area (Å²) in [5.74, 6) is 0.239. The quantitative estimate of drug-likeness (QED) is 0.889. The summed E-state index contributed by atoms with van der Waals surface area (Å²) in [4.78, 5) is 17.0. The molecule has 2 aliphatic heterocycles. The van der Waals surface area contributed by atoms with Crippen LogP contribution in [-0.4, -0.2) is 61.0 Å². The Morgan fingerprint density at radius 1 is 1.20 bits per heavy atom. The van der Waals surface area contributed by atoms with E-state index < -0.39 is 0 Å². The average Bonchev–Trinajstić information content (AvgIpc) is 2.47. The summed E-state index contributed by atoms with van der Waals surface area (Å²) in [5, 5.41) is 3.37. The highest BCUT2D eigenvalue weighted by Gasteiger charge is 2.36. The number of amides is 1. The van der Waals surface area contributed by atoms with Crippen LogP contribution in [0.3, 0.4) is 0 Å². The second-order valence-electron chi connectivity index (χ2n) is 5.82. The SMILES string of the molecule is CC(C(=O)N1CC(N2CCNCC2)C1)c1ccccc1. The van der Waals surface area contributed by atoms with E-state index in [0.29, 0.717) is 6.04 Å². The van der Waals surface area contributed by atoms with Gasteiger partial charge in [0, 0.05) is 45.3 Å². The van der Waals surface area contributed by atoms with Crippen molar-refractivity contribution in [2.75, 3.05) is 39.3 Å². The molecule has 1 amide bonds. The zero-order chi connectivity index (χ0) is 13.9. The number of carbonyl (C=O) groups is 1. The number of nitrogens with one attached hydrogen (secondary N) is 1. The summed E-state index contributed by atoms with van der Waals surface area (Å²) >= 11 is 0. The van der Waals surface area contributed by atoms with Crippen LogP contribution in [0.1, 0.15) is 18.4 Å². The van der Waals surface area contributed by atoms with E-state index >= 15 is 0 Å². The standard InChI is InChI=1S/C16H23N3O/c1-13(14-5-3-2-4-6-14)16(20)19-11-15(12-19)18-9-7-17-8-10-18/h2-6,13,15,17H,7-12H2,1H3. The first-order chi connectivity index (χ1) is 9.75. The second-order valence-corrected chi connectivity index (χ2v) is 5.82. The molecule has 0 aromatic heterocycles. The first kappa shape index (κ1) is 13.6. The summed E-state index contributed by atoms with van der Waals surface area (Å²) in [6.45, 7) is 8.18. The van der Waals surface area contributed by atoms with Crippen LogP contribution in [0, 0.1) is 0 Å². The molecular weight excluding hydrogens is 250 g/mol. The van der Waals surface area contributed by atoms with Crippen molar-refractivity contribution in [3.05, 3.63) is 35.9 Å². The normalized spacial score (nSPS) is 22.4. The monoisotopic (exact) mass is 273 g/mol. The first-order valence-electron chi connectivity index (χ1n) is 7.54. The predicted molar refractivity (Wildman–Crippen MR) is 79.7 cm³/mol. The maximum absolute atomic E-state index is 12.4. The summed E-state index contributed by atoms with van der Waals surface area (Å²) in [5.41, 5.74) is 1.11. The average molecular weight is 273 g/mol. The third kappa shape index (κ3) is 2.72. The Morgan fingerprint density at radius 3 is 2.50 bits per heavy atom. The molecule has 108 valence electrons. The van der Waals surface area contributed by atoms with Gasteiger partial charge in [0.2, 0.25) is 5.91 Å².